The Hall–Kier alpha value is -2.75. The average Bonchev–Trinajstić information content (AvgIpc) is 3.22. The van der Waals surface area contributed by atoms with Gasteiger partial charge in [0.2, 0.25) is 16.9 Å². The van der Waals surface area contributed by atoms with Gasteiger partial charge < -0.3 is 4.52 Å². The van der Waals surface area contributed by atoms with E-state index in [0.717, 1.165) is 5.82 Å². The van der Waals surface area contributed by atoms with Gasteiger partial charge in [0.05, 0.1) is 10.7 Å². The Morgan fingerprint density at radius 3 is 2.92 bits per heavy atom. The molecule has 124 valence electrons. The van der Waals surface area contributed by atoms with E-state index in [4.69, 9.17) is 4.52 Å². The topological polar surface area (TPSA) is 124 Å². The van der Waals surface area contributed by atoms with Crippen LogP contribution in [0, 0.1) is 10.1 Å². The van der Waals surface area contributed by atoms with Gasteiger partial charge in [-0.3, -0.25) is 15.2 Å². The van der Waals surface area contributed by atoms with E-state index in [1.807, 2.05) is 13.8 Å². The molecule has 0 spiro atoms. The number of non-ortho nitro benzene ring substituents is 1. The third kappa shape index (κ3) is 3.59. The van der Waals surface area contributed by atoms with Crippen LogP contribution < -0.4 is 0 Å². The molecular formula is C14H14N6O3S. The molecular weight excluding hydrogens is 332 g/mol. The Morgan fingerprint density at radius 2 is 2.21 bits per heavy atom. The number of hydrogen-bond acceptors (Lipinski definition) is 8. The smallest absolute Gasteiger partial charge is 0.270 e. The predicted molar refractivity (Wildman–Crippen MR) is 86.4 cm³/mol. The molecule has 3 rings (SSSR count). The lowest BCUT2D eigenvalue weighted by atomic mass is 10.2. The lowest BCUT2D eigenvalue weighted by molar-refractivity contribution is -0.384. The summed E-state index contributed by atoms with van der Waals surface area (Å²) < 4.78 is 5.18. The van der Waals surface area contributed by atoms with E-state index < -0.39 is 4.92 Å². The maximum Gasteiger partial charge on any atom is 0.270 e. The molecule has 2 aromatic heterocycles. The molecule has 0 amide bonds. The van der Waals surface area contributed by atoms with E-state index in [0.29, 0.717) is 28.2 Å². The molecule has 9 nitrogen and oxygen atoms in total. The van der Waals surface area contributed by atoms with E-state index in [1.165, 1.54) is 23.9 Å². The zero-order valence-corrected chi connectivity index (χ0v) is 13.8. The normalized spacial score (nSPS) is 11.1. The number of hydrogen-bond donors (Lipinski definition) is 1. The summed E-state index contributed by atoms with van der Waals surface area (Å²) in [5.74, 6) is 2.22. The number of nitrogens with zero attached hydrogens (tertiary/aromatic N) is 5. The molecule has 0 fully saturated rings. The number of nitro benzene ring substituents is 1. The highest BCUT2D eigenvalue weighted by atomic mass is 32.2. The number of H-pyrrole nitrogens is 1. The Labute approximate surface area is 141 Å². The van der Waals surface area contributed by atoms with Crippen LogP contribution in [-0.2, 0) is 5.75 Å². The highest BCUT2D eigenvalue weighted by molar-refractivity contribution is 7.98. The van der Waals surface area contributed by atoms with Gasteiger partial charge in [-0.2, -0.15) is 4.98 Å². The molecule has 24 heavy (non-hydrogen) atoms. The van der Waals surface area contributed by atoms with Crippen molar-refractivity contribution in [3.8, 4) is 11.4 Å². The van der Waals surface area contributed by atoms with E-state index in [9.17, 15) is 10.1 Å². The second-order valence-corrected chi connectivity index (χ2v) is 6.21. The first-order valence-corrected chi connectivity index (χ1v) is 8.14. The quantitative estimate of drug-likeness (QED) is 0.410. The van der Waals surface area contributed by atoms with Crippen molar-refractivity contribution in [3.63, 3.8) is 0 Å². The van der Waals surface area contributed by atoms with Gasteiger partial charge in [0.15, 0.2) is 0 Å². The van der Waals surface area contributed by atoms with Gasteiger partial charge in [-0.1, -0.05) is 42.9 Å². The Kier molecular flexibility index (Phi) is 4.56. The van der Waals surface area contributed by atoms with Crippen LogP contribution in [0.3, 0.4) is 0 Å². The third-order valence-corrected chi connectivity index (χ3v) is 3.97. The fourth-order valence-corrected chi connectivity index (χ4v) is 2.54. The van der Waals surface area contributed by atoms with E-state index in [2.05, 4.69) is 25.3 Å². The minimum Gasteiger partial charge on any atom is -0.338 e. The molecule has 0 radical (unpaired) electrons. The van der Waals surface area contributed by atoms with Crippen molar-refractivity contribution in [1.29, 1.82) is 0 Å². The molecule has 0 aliphatic heterocycles. The summed E-state index contributed by atoms with van der Waals surface area (Å²) in [5, 5.41) is 22.3. The van der Waals surface area contributed by atoms with E-state index in [-0.39, 0.29) is 11.6 Å². The maximum absolute atomic E-state index is 10.8. The van der Waals surface area contributed by atoms with Crippen molar-refractivity contribution in [2.24, 2.45) is 0 Å². The summed E-state index contributed by atoms with van der Waals surface area (Å²) in [4.78, 5) is 19.0. The SMILES string of the molecule is CC(C)c1nc(SCc2nc(-c3cccc([N+](=O)[O-])c3)no2)n[nH]1. The van der Waals surface area contributed by atoms with Gasteiger partial charge in [0, 0.05) is 23.6 Å². The summed E-state index contributed by atoms with van der Waals surface area (Å²) in [5.41, 5.74) is 0.513. The first-order valence-electron chi connectivity index (χ1n) is 7.15. The average molecular weight is 346 g/mol. The number of thioether (sulfide) groups is 1. The minimum absolute atomic E-state index is 0.0184. The molecule has 0 saturated heterocycles. The van der Waals surface area contributed by atoms with Crippen molar-refractivity contribution < 1.29 is 9.45 Å². The molecule has 0 aliphatic carbocycles. The number of nitro groups is 1. The van der Waals surface area contributed by atoms with Crippen molar-refractivity contribution in [1.82, 2.24) is 25.3 Å². The van der Waals surface area contributed by atoms with Crippen LogP contribution in [0.1, 0.15) is 31.5 Å². The number of rotatable bonds is 6. The van der Waals surface area contributed by atoms with Gasteiger partial charge in [-0.05, 0) is 0 Å². The van der Waals surface area contributed by atoms with Crippen LogP contribution in [0.25, 0.3) is 11.4 Å². The van der Waals surface area contributed by atoms with Crippen LogP contribution in [-0.4, -0.2) is 30.2 Å². The number of benzene rings is 1. The van der Waals surface area contributed by atoms with Crippen molar-refractivity contribution in [2.45, 2.75) is 30.7 Å². The highest BCUT2D eigenvalue weighted by Crippen LogP contribution is 2.24. The maximum atomic E-state index is 10.8. The molecule has 1 N–H and O–H groups in total. The zero-order valence-electron chi connectivity index (χ0n) is 13.0. The highest BCUT2D eigenvalue weighted by Gasteiger charge is 2.14. The molecule has 0 unspecified atom stereocenters. The van der Waals surface area contributed by atoms with E-state index in [1.54, 1.807) is 12.1 Å². The van der Waals surface area contributed by atoms with E-state index >= 15 is 0 Å². The lowest BCUT2D eigenvalue weighted by Crippen LogP contribution is -1.89. The Morgan fingerprint density at radius 1 is 1.38 bits per heavy atom. The molecule has 10 heteroatoms. The summed E-state index contributed by atoms with van der Waals surface area (Å²) in [7, 11) is 0. The Balaban J connectivity index is 1.69. The van der Waals surface area contributed by atoms with Crippen molar-refractivity contribution in [3.05, 3.63) is 46.1 Å². The number of aromatic nitrogens is 5. The lowest BCUT2D eigenvalue weighted by Gasteiger charge is -1.95. The number of nitrogens with one attached hydrogen (secondary N) is 1. The third-order valence-electron chi connectivity index (χ3n) is 3.14. The van der Waals surface area contributed by atoms with Crippen LogP contribution >= 0.6 is 11.8 Å². The largest absolute Gasteiger partial charge is 0.338 e. The van der Waals surface area contributed by atoms with Crippen LogP contribution in [0.5, 0.6) is 0 Å². The molecule has 2 heterocycles. The second-order valence-electron chi connectivity index (χ2n) is 5.27. The summed E-state index contributed by atoms with van der Waals surface area (Å²) in [6, 6.07) is 6.10. The summed E-state index contributed by atoms with van der Waals surface area (Å²) in [6.45, 7) is 4.05. The molecule has 3 aromatic rings. The minimum atomic E-state index is -0.462. The molecule has 1 aromatic carbocycles. The van der Waals surface area contributed by atoms with Gasteiger partial charge in [-0.25, -0.2) is 4.98 Å². The second kappa shape index (κ2) is 6.79. The first kappa shape index (κ1) is 16.1. The van der Waals surface area contributed by atoms with Crippen molar-refractivity contribution >= 4 is 17.4 Å². The van der Waals surface area contributed by atoms with Gasteiger partial charge in [-0.15, -0.1) is 5.10 Å². The molecule has 0 bridgehead atoms. The monoisotopic (exact) mass is 346 g/mol. The fraction of sp³-hybridized carbons (Fsp3) is 0.286. The van der Waals surface area contributed by atoms with Gasteiger partial charge in [0.1, 0.15) is 5.82 Å². The van der Waals surface area contributed by atoms with Gasteiger partial charge in [0.25, 0.3) is 5.69 Å². The summed E-state index contributed by atoms with van der Waals surface area (Å²) >= 11 is 1.37. The molecule has 0 aliphatic rings. The standard InChI is InChI=1S/C14H14N6O3S/c1-8(2)12-16-14(18-17-12)24-7-11-15-13(19-23-11)9-4-3-5-10(6-9)20(21)22/h3-6,8H,7H2,1-2H3,(H,16,17,18). The van der Waals surface area contributed by atoms with Crippen LogP contribution in [0.2, 0.25) is 0 Å². The molecule has 0 atom stereocenters. The predicted octanol–water partition coefficient (Wildman–Crippen LogP) is 3.18. The van der Waals surface area contributed by atoms with Crippen LogP contribution in [0.4, 0.5) is 5.69 Å². The van der Waals surface area contributed by atoms with Gasteiger partial charge >= 0.3 is 0 Å². The van der Waals surface area contributed by atoms with Crippen LogP contribution in [0.15, 0.2) is 33.9 Å². The fourth-order valence-electron chi connectivity index (χ4n) is 1.90. The Bertz CT molecular complexity index is 860. The summed E-state index contributed by atoms with van der Waals surface area (Å²) in [6.07, 6.45) is 0. The van der Waals surface area contributed by atoms with Crippen molar-refractivity contribution in [2.75, 3.05) is 0 Å². The number of aromatic amines is 1. The first-order chi connectivity index (χ1) is 11.5. The molecule has 0 saturated carbocycles. The zero-order chi connectivity index (χ0) is 17.1.